The van der Waals surface area contributed by atoms with Gasteiger partial charge in [0.25, 0.3) is 0 Å². The molecule has 5 nitrogen and oxygen atoms in total. The number of halogens is 1. The summed E-state index contributed by atoms with van der Waals surface area (Å²) >= 11 is 0. The first-order chi connectivity index (χ1) is 10.9. The summed E-state index contributed by atoms with van der Waals surface area (Å²) in [7, 11) is 0. The normalized spacial score (nSPS) is 23.0. The summed E-state index contributed by atoms with van der Waals surface area (Å²) < 4.78 is 19.5. The molecule has 3 rings (SSSR count). The molecule has 122 valence electrons. The Bertz CT molecular complexity index is 699. The molecule has 0 aromatic heterocycles. The topological polar surface area (TPSA) is 49.9 Å². The highest BCUT2D eigenvalue weighted by Crippen LogP contribution is 2.47. The van der Waals surface area contributed by atoms with Crippen molar-refractivity contribution in [1.29, 1.82) is 0 Å². The van der Waals surface area contributed by atoms with Crippen LogP contribution in [0.5, 0.6) is 0 Å². The number of carbonyl (C=O) groups is 2. The van der Waals surface area contributed by atoms with E-state index in [9.17, 15) is 14.0 Å². The van der Waals surface area contributed by atoms with Crippen LogP contribution in [0.3, 0.4) is 0 Å². The Hall–Kier alpha value is -2.21. The third-order valence-electron chi connectivity index (χ3n) is 4.20. The van der Waals surface area contributed by atoms with Gasteiger partial charge in [-0.2, -0.15) is 5.01 Å². The van der Waals surface area contributed by atoms with Gasteiger partial charge in [-0.25, -0.2) is 14.2 Å². The molecule has 1 aromatic rings. The monoisotopic (exact) mass is 318 g/mol. The van der Waals surface area contributed by atoms with Crippen molar-refractivity contribution in [2.75, 3.05) is 6.61 Å². The minimum atomic E-state index is -0.670. The zero-order valence-electron chi connectivity index (χ0n) is 13.4. The fraction of sp³-hybridized carbons (Fsp3) is 0.412. The lowest BCUT2D eigenvalue weighted by Gasteiger charge is -2.36. The van der Waals surface area contributed by atoms with E-state index in [1.165, 1.54) is 17.3 Å². The summed E-state index contributed by atoms with van der Waals surface area (Å²) in [6.45, 7) is 5.74. The van der Waals surface area contributed by atoms with Crippen LogP contribution in [0.4, 0.5) is 4.39 Å². The Morgan fingerprint density at radius 3 is 2.74 bits per heavy atom. The minimum absolute atomic E-state index is 0.115. The second-order valence-corrected chi connectivity index (χ2v) is 6.30. The van der Waals surface area contributed by atoms with Gasteiger partial charge in [0.15, 0.2) is 0 Å². The molecule has 0 saturated carbocycles. The molecule has 1 atom stereocenters. The first-order valence-corrected chi connectivity index (χ1v) is 7.61. The van der Waals surface area contributed by atoms with Gasteiger partial charge in [-0.15, -0.1) is 0 Å². The summed E-state index contributed by atoms with van der Waals surface area (Å²) in [6, 6.07) is 5.63. The SMILES string of the molecule is CCOC(=O)C1=CN2C(=O)CC(C)(C)N2C1c1ccccc1F. The molecule has 0 bridgehead atoms. The third kappa shape index (κ3) is 2.43. The summed E-state index contributed by atoms with van der Waals surface area (Å²) in [5.41, 5.74) is 0.115. The first kappa shape index (κ1) is 15.7. The van der Waals surface area contributed by atoms with Gasteiger partial charge in [-0.3, -0.25) is 4.79 Å². The highest BCUT2D eigenvalue weighted by molar-refractivity contribution is 5.93. The van der Waals surface area contributed by atoms with Crippen molar-refractivity contribution in [3.05, 3.63) is 47.4 Å². The van der Waals surface area contributed by atoms with Gasteiger partial charge in [-0.1, -0.05) is 18.2 Å². The van der Waals surface area contributed by atoms with Crippen LogP contribution in [-0.2, 0) is 14.3 Å². The van der Waals surface area contributed by atoms with Crippen molar-refractivity contribution in [2.24, 2.45) is 0 Å². The second-order valence-electron chi connectivity index (χ2n) is 6.30. The minimum Gasteiger partial charge on any atom is -0.463 e. The maximum absolute atomic E-state index is 14.4. The number of carbonyl (C=O) groups excluding carboxylic acids is 2. The first-order valence-electron chi connectivity index (χ1n) is 7.61. The van der Waals surface area contributed by atoms with Crippen molar-refractivity contribution in [3.8, 4) is 0 Å². The average molecular weight is 318 g/mol. The fourth-order valence-corrected chi connectivity index (χ4v) is 3.26. The van der Waals surface area contributed by atoms with Crippen LogP contribution in [0.2, 0.25) is 0 Å². The van der Waals surface area contributed by atoms with Crippen LogP contribution in [0, 0.1) is 5.82 Å². The molecule has 1 amide bonds. The Kier molecular flexibility index (Phi) is 3.72. The molecule has 2 aliphatic heterocycles. The molecule has 6 heteroatoms. The van der Waals surface area contributed by atoms with Crippen LogP contribution in [0.15, 0.2) is 36.0 Å². The molecular weight excluding hydrogens is 299 g/mol. The van der Waals surface area contributed by atoms with Gasteiger partial charge in [0.1, 0.15) is 5.82 Å². The van der Waals surface area contributed by atoms with E-state index in [0.29, 0.717) is 12.0 Å². The van der Waals surface area contributed by atoms with E-state index in [4.69, 9.17) is 4.74 Å². The summed E-state index contributed by atoms with van der Waals surface area (Å²) in [5.74, 6) is -1.06. The van der Waals surface area contributed by atoms with Gasteiger partial charge in [0, 0.05) is 23.7 Å². The van der Waals surface area contributed by atoms with E-state index in [1.807, 2.05) is 13.8 Å². The fourth-order valence-electron chi connectivity index (χ4n) is 3.26. The molecule has 1 aromatic carbocycles. The van der Waals surface area contributed by atoms with Gasteiger partial charge in [0.2, 0.25) is 5.91 Å². The standard InChI is InChI=1S/C17H19FN2O3/c1-4-23-16(22)12-10-19-14(21)9-17(2,3)20(19)15(12)11-7-5-6-8-13(11)18/h5-8,10,15H,4,9H2,1-3H3. The van der Waals surface area contributed by atoms with Crippen molar-refractivity contribution >= 4 is 11.9 Å². The molecule has 2 heterocycles. The number of nitrogens with zero attached hydrogens (tertiary/aromatic N) is 2. The van der Waals surface area contributed by atoms with E-state index < -0.39 is 23.4 Å². The summed E-state index contributed by atoms with van der Waals surface area (Å²) in [4.78, 5) is 24.6. The molecule has 1 saturated heterocycles. The number of hydrogen-bond donors (Lipinski definition) is 0. The maximum atomic E-state index is 14.4. The van der Waals surface area contributed by atoms with Crippen molar-refractivity contribution in [3.63, 3.8) is 0 Å². The smallest absolute Gasteiger partial charge is 0.337 e. The largest absolute Gasteiger partial charge is 0.463 e. The molecule has 23 heavy (non-hydrogen) atoms. The van der Waals surface area contributed by atoms with Crippen molar-refractivity contribution in [2.45, 2.75) is 38.8 Å². The number of esters is 1. The molecule has 0 N–H and O–H groups in total. The lowest BCUT2D eigenvalue weighted by atomic mass is 9.93. The van der Waals surface area contributed by atoms with Gasteiger partial charge < -0.3 is 4.74 Å². The lowest BCUT2D eigenvalue weighted by Crippen LogP contribution is -2.44. The van der Waals surface area contributed by atoms with Gasteiger partial charge >= 0.3 is 5.97 Å². The zero-order chi connectivity index (χ0) is 16.8. The van der Waals surface area contributed by atoms with E-state index in [2.05, 4.69) is 0 Å². The number of rotatable bonds is 3. The Balaban J connectivity index is 2.11. The number of benzene rings is 1. The molecule has 1 fully saturated rings. The number of hydrogen-bond acceptors (Lipinski definition) is 4. The van der Waals surface area contributed by atoms with Gasteiger partial charge in [-0.05, 0) is 26.8 Å². The zero-order valence-corrected chi connectivity index (χ0v) is 13.4. The molecular formula is C17H19FN2O3. The summed E-state index contributed by atoms with van der Waals surface area (Å²) in [5, 5.41) is 3.18. The van der Waals surface area contributed by atoms with Crippen LogP contribution in [-0.4, -0.2) is 34.0 Å². The van der Waals surface area contributed by atoms with Gasteiger partial charge in [0.05, 0.1) is 18.2 Å². The highest BCUT2D eigenvalue weighted by Gasteiger charge is 2.53. The van der Waals surface area contributed by atoms with Crippen molar-refractivity contribution in [1.82, 2.24) is 10.0 Å². The number of ether oxygens (including phenoxy) is 1. The highest BCUT2D eigenvalue weighted by atomic mass is 19.1. The Morgan fingerprint density at radius 1 is 1.39 bits per heavy atom. The second kappa shape index (κ2) is 5.45. The van der Waals surface area contributed by atoms with Crippen LogP contribution < -0.4 is 0 Å². The van der Waals surface area contributed by atoms with Crippen LogP contribution in [0.1, 0.15) is 38.8 Å². The predicted molar refractivity (Wildman–Crippen MR) is 81.2 cm³/mol. The van der Waals surface area contributed by atoms with E-state index in [0.717, 1.165) is 0 Å². The van der Waals surface area contributed by atoms with Crippen LogP contribution >= 0.6 is 0 Å². The Labute approximate surface area is 134 Å². The molecule has 1 unspecified atom stereocenters. The number of amides is 1. The maximum Gasteiger partial charge on any atom is 0.337 e. The molecule has 0 aliphatic carbocycles. The predicted octanol–water partition coefficient (Wildman–Crippen LogP) is 2.56. The number of fused-ring (bicyclic) bond motifs is 1. The molecule has 0 radical (unpaired) electrons. The Morgan fingerprint density at radius 2 is 2.09 bits per heavy atom. The van der Waals surface area contributed by atoms with Crippen molar-refractivity contribution < 1.29 is 18.7 Å². The third-order valence-corrected chi connectivity index (χ3v) is 4.20. The van der Waals surface area contributed by atoms with E-state index >= 15 is 0 Å². The van der Waals surface area contributed by atoms with E-state index in [1.54, 1.807) is 30.1 Å². The number of hydrazine groups is 1. The van der Waals surface area contributed by atoms with Crippen LogP contribution in [0.25, 0.3) is 0 Å². The average Bonchev–Trinajstić information content (AvgIpc) is 2.97. The van der Waals surface area contributed by atoms with E-state index in [-0.39, 0.29) is 18.1 Å². The lowest BCUT2D eigenvalue weighted by molar-refractivity contribution is -0.140. The molecule has 0 spiro atoms. The molecule has 2 aliphatic rings. The summed E-state index contributed by atoms with van der Waals surface area (Å²) in [6.07, 6.45) is 1.79. The quantitative estimate of drug-likeness (QED) is 0.804.